The van der Waals surface area contributed by atoms with Gasteiger partial charge in [-0.3, -0.25) is 15.0 Å². The van der Waals surface area contributed by atoms with Crippen molar-refractivity contribution < 1.29 is 14.7 Å². The third-order valence-corrected chi connectivity index (χ3v) is 6.55. The lowest BCUT2D eigenvalue weighted by atomic mass is 10.1. The number of carbonyl (C=O) groups excluding carboxylic acids is 2. The van der Waals surface area contributed by atoms with E-state index in [4.69, 9.17) is 17.3 Å². The monoisotopic (exact) mass is 498 g/mol. The van der Waals surface area contributed by atoms with Crippen LogP contribution in [0.1, 0.15) is 15.9 Å². The second-order valence-electron chi connectivity index (χ2n) is 7.55. The van der Waals surface area contributed by atoms with Crippen LogP contribution in [0.3, 0.4) is 0 Å². The third kappa shape index (κ3) is 4.59. The number of thioether (sulfide) groups is 1. The molecule has 2 heterocycles. The van der Waals surface area contributed by atoms with E-state index in [9.17, 15) is 14.7 Å². The van der Waals surface area contributed by atoms with Crippen LogP contribution in [0.15, 0.2) is 96.0 Å². The van der Waals surface area contributed by atoms with Crippen molar-refractivity contribution in [2.24, 2.45) is 0 Å². The van der Waals surface area contributed by atoms with Crippen molar-refractivity contribution in [1.82, 2.24) is 20.2 Å². The molecule has 1 aliphatic heterocycles. The maximum atomic E-state index is 13.1. The SMILES string of the molecule is O=C(NN1C(=O)C(=Cc2cn(-c3ccccc3)nc2-c2ccccc2)SC1=S)c1ccccc1O. The zero-order valence-corrected chi connectivity index (χ0v) is 19.8. The van der Waals surface area contributed by atoms with Gasteiger partial charge in [0.1, 0.15) is 5.75 Å². The molecule has 35 heavy (non-hydrogen) atoms. The normalized spacial score (nSPS) is 14.5. The first-order chi connectivity index (χ1) is 17.0. The molecule has 4 aromatic rings. The number of para-hydroxylation sites is 2. The second kappa shape index (κ2) is 9.57. The molecule has 1 aromatic heterocycles. The van der Waals surface area contributed by atoms with Crippen molar-refractivity contribution >= 4 is 46.2 Å². The van der Waals surface area contributed by atoms with Gasteiger partial charge >= 0.3 is 0 Å². The van der Waals surface area contributed by atoms with Crippen LogP contribution in [-0.4, -0.2) is 36.0 Å². The van der Waals surface area contributed by atoms with Gasteiger partial charge < -0.3 is 5.11 Å². The lowest BCUT2D eigenvalue weighted by molar-refractivity contribution is -0.123. The van der Waals surface area contributed by atoms with E-state index in [1.165, 1.54) is 12.1 Å². The summed E-state index contributed by atoms with van der Waals surface area (Å²) in [5, 5.41) is 15.7. The van der Waals surface area contributed by atoms with E-state index in [-0.39, 0.29) is 15.6 Å². The molecule has 2 amide bonds. The molecule has 1 fully saturated rings. The minimum atomic E-state index is -0.637. The summed E-state index contributed by atoms with van der Waals surface area (Å²) in [6.45, 7) is 0. The summed E-state index contributed by atoms with van der Waals surface area (Å²) in [4.78, 5) is 26.1. The number of phenolic OH excluding ortho intramolecular Hbond substituents is 1. The zero-order valence-electron chi connectivity index (χ0n) is 18.2. The number of hydrogen-bond donors (Lipinski definition) is 2. The van der Waals surface area contributed by atoms with Crippen LogP contribution in [0.2, 0.25) is 0 Å². The van der Waals surface area contributed by atoms with Crippen LogP contribution in [0.4, 0.5) is 0 Å². The summed E-state index contributed by atoms with van der Waals surface area (Å²) in [5.74, 6) is -1.29. The number of thiocarbonyl (C=S) groups is 1. The Morgan fingerprint density at radius 3 is 2.34 bits per heavy atom. The first-order valence-corrected chi connectivity index (χ1v) is 11.8. The van der Waals surface area contributed by atoms with Gasteiger partial charge in [-0.05, 0) is 42.6 Å². The standard InChI is InChI=1S/C26H18N4O3S2/c31-21-14-8-7-13-20(21)24(32)28-30-25(33)22(35-26(30)34)15-18-16-29(19-11-5-2-6-12-19)27-23(18)17-9-3-1-4-10-17/h1-16,31H,(H,28,32). The summed E-state index contributed by atoms with van der Waals surface area (Å²) in [6.07, 6.45) is 3.57. The average molecular weight is 499 g/mol. The van der Waals surface area contributed by atoms with Crippen LogP contribution >= 0.6 is 24.0 Å². The van der Waals surface area contributed by atoms with Crippen LogP contribution in [0.25, 0.3) is 23.0 Å². The lowest BCUT2D eigenvalue weighted by Gasteiger charge is -2.16. The zero-order chi connectivity index (χ0) is 24.4. The molecule has 0 spiro atoms. The van der Waals surface area contributed by atoms with Gasteiger partial charge in [-0.1, -0.05) is 72.4 Å². The fourth-order valence-electron chi connectivity index (χ4n) is 3.56. The Morgan fingerprint density at radius 2 is 1.63 bits per heavy atom. The number of hydrogen-bond acceptors (Lipinski definition) is 6. The van der Waals surface area contributed by atoms with E-state index in [0.717, 1.165) is 33.6 Å². The molecule has 0 aliphatic carbocycles. The molecule has 3 aromatic carbocycles. The van der Waals surface area contributed by atoms with Crippen LogP contribution in [-0.2, 0) is 4.79 Å². The molecule has 0 bridgehead atoms. The van der Waals surface area contributed by atoms with E-state index in [2.05, 4.69) is 5.43 Å². The highest BCUT2D eigenvalue weighted by Crippen LogP contribution is 2.34. The summed E-state index contributed by atoms with van der Waals surface area (Å²) >= 11 is 6.43. The first-order valence-electron chi connectivity index (χ1n) is 10.6. The van der Waals surface area contributed by atoms with Gasteiger partial charge in [-0.15, -0.1) is 0 Å². The van der Waals surface area contributed by atoms with Crippen molar-refractivity contribution in [3.05, 3.63) is 107 Å². The molecular weight excluding hydrogens is 480 g/mol. The van der Waals surface area contributed by atoms with Crippen molar-refractivity contribution in [2.45, 2.75) is 0 Å². The highest BCUT2D eigenvalue weighted by Gasteiger charge is 2.34. The molecule has 0 unspecified atom stereocenters. The molecule has 5 rings (SSSR count). The largest absolute Gasteiger partial charge is 0.507 e. The molecular formula is C26H18N4O3S2. The highest BCUT2D eigenvalue weighted by molar-refractivity contribution is 8.26. The lowest BCUT2D eigenvalue weighted by Crippen LogP contribution is -2.44. The number of benzene rings is 3. The Labute approximate surface area is 210 Å². The summed E-state index contributed by atoms with van der Waals surface area (Å²) in [6, 6.07) is 25.4. The topological polar surface area (TPSA) is 87.5 Å². The van der Waals surface area contributed by atoms with Gasteiger partial charge in [0.05, 0.1) is 21.8 Å². The van der Waals surface area contributed by atoms with E-state index in [1.54, 1.807) is 22.9 Å². The Morgan fingerprint density at radius 1 is 0.971 bits per heavy atom. The van der Waals surface area contributed by atoms with E-state index >= 15 is 0 Å². The predicted molar refractivity (Wildman–Crippen MR) is 140 cm³/mol. The molecule has 1 saturated heterocycles. The number of hydrazine groups is 1. The molecule has 0 saturated carbocycles. The number of carbonyl (C=O) groups is 2. The van der Waals surface area contributed by atoms with Gasteiger partial charge in [0.25, 0.3) is 11.8 Å². The fraction of sp³-hybridized carbons (Fsp3) is 0. The van der Waals surface area contributed by atoms with Crippen molar-refractivity contribution in [3.63, 3.8) is 0 Å². The molecule has 1 aliphatic rings. The number of phenols is 1. The molecule has 7 nitrogen and oxygen atoms in total. The number of amides is 2. The van der Waals surface area contributed by atoms with E-state index in [1.807, 2.05) is 66.9 Å². The minimum absolute atomic E-state index is 0.0426. The van der Waals surface area contributed by atoms with Gasteiger partial charge in [0.15, 0.2) is 4.32 Å². The first kappa shape index (κ1) is 22.6. The Balaban J connectivity index is 1.48. The highest BCUT2D eigenvalue weighted by atomic mass is 32.2. The number of aromatic hydroxyl groups is 1. The molecule has 0 radical (unpaired) electrons. The number of aromatic nitrogens is 2. The van der Waals surface area contributed by atoms with Gasteiger partial charge in [-0.2, -0.15) is 10.1 Å². The van der Waals surface area contributed by atoms with Crippen molar-refractivity contribution in [2.75, 3.05) is 0 Å². The summed E-state index contributed by atoms with van der Waals surface area (Å²) in [5.41, 5.74) is 5.75. The van der Waals surface area contributed by atoms with E-state index in [0.29, 0.717) is 10.6 Å². The van der Waals surface area contributed by atoms with Crippen LogP contribution in [0, 0.1) is 0 Å². The maximum absolute atomic E-state index is 13.1. The Bertz CT molecular complexity index is 1470. The van der Waals surface area contributed by atoms with Crippen molar-refractivity contribution in [3.8, 4) is 22.7 Å². The smallest absolute Gasteiger partial charge is 0.285 e. The number of rotatable bonds is 5. The van der Waals surface area contributed by atoms with Gasteiger partial charge in [0, 0.05) is 17.3 Å². The number of nitrogens with zero attached hydrogens (tertiary/aromatic N) is 3. The fourth-order valence-corrected chi connectivity index (χ4v) is 4.73. The van der Waals surface area contributed by atoms with Gasteiger partial charge in [-0.25, -0.2) is 4.68 Å². The van der Waals surface area contributed by atoms with Gasteiger partial charge in [0.2, 0.25) is 0 Å². The number of nitrogens with one attached hydrogen (secondary N) is 1. The average Bonchev–Trinajstić information content (AvgIpc) is 3.42. The Kier molecular flexibility index (Phi) is 6.17. The minimum Gasteiger partial charge on any atom is -0.507 e. The van der Waals surface area contributed by atoms with Crippen LogP contribution in [0.5, 0.6) is 5.75 Å². The Hall–Kier alpha value is -4.21. The van der Waals surface area contributed by atoms with E-state index < -0.39 is 11.8 Å². The van der Waals surface area contributed by atoms with Crippen molar-refractivity contribution in [1.29, 1.82) is 0 Å². The molecule has 2 N–H and O–H groups in total. The second-order valence-corrected chi connectivity index (χ2v) is 9.23. The van der Waals surface area contributed by atoms with Crippen LogP contribution < -0.4 is 5.43 Å². The molecule has 0 atom stereocenters. The molecule has 9 heteroatoms. The summed E-state index contributed by atoms with van der Waals surface area (Å²) < 4.78 is 1.94. The molecule has 172 valence electrons. The predicted octanol–water partition coefficient (Wildman–Crippen LogP) is 4.79. The third-order valence-electron chi connectivity index (χ3n) is 5.25. The maximum Gasteiger partial charge on any atom is 0.285 e. The summed E-state index contributed by atoms with van der Waals surface area (Å²) in [7, 11) is 0. The quantitative estimate of drug-likeness (QED) is 0.304.